The lowest BCUT2D eigenvalue weighted by atomic mass is 9.98. The second kappa shape index (κ2) is 4.99. The Hall–Kier alpha value is -0.0500. The maximum Gasteiger partial charge on any atom is 0.0420 e. The van der Waals surface area contributed by atoms with Gasteiger partial charge in [0.1, 0.15) is 0 Å². The molecule has 1 atom stereocenters. The Bertz CT molecular complexity index is 268. The van der Waals surface area contributed by atoms with Crippen molar-refractivity contribution in [3.8, 4) is 0 Å². The summed E-state index contributed by atoms with van der Waals surface area (Å²) in [5, 5.41) is 0.772. The summed E-state index contributed by atoms with van der Waals surface area (Å²) in [5.74, 6) is 0.472. The molecule has 0 radical (unpaired) electrons. The lowest BCUT2D eigenvalue weighted by molar-refractivity contribution is 0.690. The molecule has 0 fully saturated rings. The van der Waals surface area contributed by atoms with Crippen molar-refractivity contribution in [1.29, 1.82) is 0 Å². The molecule has 0 aliphatic carbocycles. The van der Waals surface area contributed by atoms with Gasteiger partial charge in [-0.2, -0.15) is 0 Å². The van der Waals surface area contributed by atoms with Crippen LogP contribution in [0.5, 0.6) is 0 Å². The summed E-state index contributed by atoms with van der Waals surface area (Å²) in [4.78, 5) is 0. The monoisotopic (exact) mass is 261 g/mol. The lowest BCUT2D eigenvalue weighted by Gasteiger charge is -2.11. The van der Waals surface area contributed by atoms with E-state index in [1.165, 1.54) is 5.56 Å². The molecule has 0 saturated carbocycles. The number of hydrogen-bond donors (Lipinski definition) is 1. The first-order chi connectivity index (χ1) is 6.13. The number of nitrogens with two attached hydrogens (primary N) is 1. The maximum absolute atomic E-state index is 5.93. The molecule has 0 aliphatic rings. The molecular formula is C10H13BrClN. The van der Waals surface area contributed by atoms with Crippen LogP contribution in [-0.2, 0) is 0 Å². The summed E-state index contributed by atoms with van der Waals surface area (Å²) in [6.45, 7) is 2.87. The van der Waals surface area contributed by atoms with Gasteiger partial charge in [-0.05, 0) is 42.6 Å². The number of halogens is 2. The predicted molar refractivity (Wildman–Crippen MR) is 61.2 cm³/mol. The largest absolute Gasteiger partial charge is 0.330 e. The average Bonchev–Trinajstić information content (AvgIpc) is 2.03. The Morgan fingerprint density at radius 2 is 2.15 bits per heavy atom. The van der Waals surface area contributed by atoms with Crippen LogP contribution in [0.4, 0.5) is 0 Å². The van der Waals surface area contributed by atoms with Crippen molar-refractivity contribution in [1.82, 2.24) is 0 Å². The molecule has 1 nitrogen and oxygen atoms in total. The summed E-state index contributed by atoms with van der Waals surface area (Å²) in [6, 6.07) is 5.97. The maximum atomic E-state index is 5.93. The smallest absolute Gasteiger partial charge is 0.0420 e. The van der Waals surface area contributed by atoms with E-state index in [0.29, 0.717) is 12.5 Å². The molecule has 1 aromatic carbocycles. The van der Waals surface area contributed by atoms with Gasteiger partial charge in [0.15, 0.2) is 0 Å². The van der Waals surface area contributed by atoms with Gasteiger partial charge in [0, 0.05) is 9.50 Å². The van der Waals surface area contributed by atoms with Gasteiger partial charge >= 0.3 is 0 Å². The number of benzene rings is 1. The van der Waals surface area contributed by atoms with Crippen LogP contribution < -0.4 is 5.73 Å². The van der Waals surface area contributed by atoms with Gasteiger partial charge in [-0.1, -0.05) is 34.5 Å². The molecule has 0 heterocycles. The molecule has 0 saturated heterocycles. The Morgan fingerprint density at radius 1 is 1.46 bits per heavy atom. The lowest BCUT2D eigenvalue weighted by Crippen LogP contribution is -2.04. The first-order valence-corrected chi connectivity index (χ1v) is 5.46. The van der Waals surface area contributed by atoms with Gasteiger partial charge in [0.05, 0.1) is 0 Å². The Balaban J connectivity index is 2.87. The molecule has 13 heavy (non-hydrogen) atoms. The quantitative estimate of drug-likeness (QED) is 0.886. The normalized spacial score (nSPS) is 12.9. The molecule has 0 aromatic heterocycles. The van der Waals surface area contributed by atoms with Crippen LogP contribution in [-0.4, -0.2) is 6.54 Å². The molecule has 0 aliphatic heterocycles. The summed E-state index contributed by atoms with van der Waals surface area (Å²) in [5.41, 5.74) is 6.74. The van der Waals surface area contributed by atoms with Crippen molar-refractivity contribution < 1.29 is 0 Å². The van der Waals surface area contributed by atoms with E-state index in [1.54, 1.807) is 0 Å². The SMILES string of the molecule is CC(CCN)c1cc(Cl)cc(Br)c1. The summed E-state index contributed by atoms with van der Waals surface area (Å²) in [6.07, 6.45) is 0.993. The van der Waals surface area contributed by atoms with Gasteiger partial charge in [0.2, 0.25) is 0 Å². The third kappa shape index (κ3) is 3.29. The molecular weight excluding hydrogens is 249 g/mol. The highest BCUT2D eigenvalue weighted by Gasteiger charge is 2.05. The van der Waals surface area contributed by atoms with Crippen LogP contribution in [0.3, 0.4) is 0 Å². The van der Waals surface area contributed by atoms with Gasteiger partial charge in [0.25, 0.3) is 0 Å². The minimum Gasteiger partial charge on any atom is -0.330 e. The summed E-state index contributed by atoms with van der Waals surface area (Å²) in [7, 11) is 0. The van der Waals surface area contributed by atoms with Gasteiger partial charge in [-0.25, -0.2) is 0 Å². The van der Waals surface area contributed by atoms with E-state index in [1.807, 2.05) is 12.1 Å². The van der Waals surface area contributed by atoms with E-state index in [-0.39, 0.29) is 0 Å². The zero-order valence-corrected chi connectivity index (χ0v) is 9.90. The van der Waals surface area contributed by atoms with Crippen molar-refractivity contribution in [2.24, 2.45) is 5.73 Å². The molecule has 72 valence electrons. The fourth-order valence-electron chi connectivity index (χ4n) is 1.28. The average molecular weight is 263 g/mol. The minimum atomic E-state index is 0.472. The predicted octanol–water partition coefficient (Wildman–Crippen LogP) is 3.55. The van der Waals surface area contributed by atoms with E-state index in [9.17, 15) is 0 Å². The third-order valence-corrected chi connectivity index (χ3v) is 2.73. The molecule has 1 rings (SSSR count). The van der Waals surface area contributed by atoms with Crippen LogP contribution in [0.15, 0.2) is 22.7 Å². The van der Waals surface area contributed by atoms with E-state index >= 15 is 0 Å². The first kappa shape index (κ1) is 11.0. The highest BCUT2D eigenvalue weighted by Crippen LogP contribution is 2.26. The van der Waals surface area contributed by atoms with Crippen LogP contribution >= 0.6 is 27.5 Å². The molecule has 1 unspecified atom stereocenters. The highest BCUT2D eigenvalue weighted by atomic mass is 79.9. The van der Waals surface area contributed by atoms with Crippen molar-refractivity contribution in [3.05, 3.63) is 33.3 Å². The number of rotatable bonds is 3. The van der Waals surface area contributed by atoms with E-state index in [2.05, 4.69) is 28.9 Å². The fraction of sp³-hybridized carbons (Fsp3) is 0.400. The topological polar surface area (TPSA) is 26.0 Å². The molecule has 0 spiro atoms. The van der Waals surface area contributed by atoms with Crippen LogP contribution in [0.25, 0.3) is 0 Å². The van der Waals surface area contributed by atoms with Crippen LogP contribution in [0.1, 0.15) is 24.8 Å². The second-order valence-corrected chi connectivity index (χ2v) is 4.53. The molecule has 3 heteroatoms. The van der Waals surface area contributed by atoms with E-state index < -0.39 is 0 Å². The molecule has 1 aromatic rings. The van der Waals surface area contributed by atoms with E-state index in [0.717, 1.165) is 15.9 Å². The van der Waals surface area contributed by atoms with Crippen molar-refractivity contribution in [2.45, 2.75) is 19.3 Å². The van der Waals surface area contributed by atoms with Gasteiger partial charge in [-0.15, -0.1) is 0 Å². The van der Waals surface area contributed by atoms with E-state index in [4.69, 9.17) is 17.3 Å². The zero-order valence-electron chi connectivity index (χ0n) is 7.56. The number of hydrogen-bond acceptors (Lipinski definition) is 1. The Labute approximate surface area is 92.4 Å². The minimum absolute atomic E-state index is 0.472. The summed E-state index contributed by atoms with van der Waals surface area (Å²) >= 11 is 9.35. The van der Waals surface area contributed by atoms with Crippen LogP contribution in [0.2, 0.25) is 5.02 Å². The van der Waals surface area contributed by atoms with Crippen molar-refractivity contribution in [2.75, 3.05) is 6.54 Å². The fourth-order valence-corrected chi connectivity index (χ4v) is 2.16. The van der Waals surface area contributed by atoms with Gasteiger partial charge in [-0.3, -0.25) is 0 Å². The highest BCUT2D eigenvalue weighted by molar-refractivity contribution is 9.10. The first-order valence-electron chi connectivity index (χ1n) is 4.29. The molecule has 2 N–H and O–H groups in total. The Kier molecular flexibility index (Phi) is 4.23. The third-order valence-electron chi connectivity index (χ3n) is 2.05. The van der Waals surface area contributed by atoms with Gasteiger partial charge < -0.3 is 5.73 Å². The van der Waals surface area contributed by atoms with Crippen molar-refractivity contribution >= 4 is 27.5 Å². The standard InChI is InChI=1S/C10H13BrClN/c1-7(2-3-13)8-4-9(11)6-10(12)5-8/h4-7H,2-3,13H2,1H3. The van der Waals surface area contributed by atoms with Crippen LogP contribution in [0, 0.1) is 0 Å². The summed E-state index contributed by atoms with van der Waals surface area (Å²) < 4.78 is 1.03. The van der Waals surface area contributed by atoms with Crippen molar-refractivity contribution in [3.63, 3.8) is 0 Å². The Morgan fingerprint density at radius 3 is 2.69 bits per heavy atom. The molecule has 0 bridgehead atoms. The zero-order chi connectivity index (χ0) is 9.84. The molecule has 0 amide bonds. The second-order valence-electron chi connectivity index (χ2n) is 3.18.